The summed E-state index contributed by atoms with van der Waals surface area (Å²) in [7, 11) is 0. The Kier molecular flexibility index (Phi) is 11.5. The number of nitrogens with zero attached hydrogens (tertiary/aromatic N) is 2. The zero-order valence-corrected chi connectivity index (χ0v) is 42.2. The van der Waals surface area contributed by atoms with Crippen LogP contribution >= 0.6 is 0 Å². The van der Waals surface area contributed by atoms with Crippen LogP contribution in [-0.2, 0) is 21.7 Å². The molecule has 0 aliphatic carbocycles. The van der Waals surface area contributed by atoms with Gasteiger partial charge in [-0.3, -0.25) is 0 Å². The minimum atomic E-state index is -0.0811. The molecule has 3 aromatic heterocycles. The van der Waals surface area contributed by atoms with Gasteiger partial charge in [0.05, 0.1) is 22.8 Å². The first-order valence-corrected chi connectivity index (χ1v) is 24.0. The van der Waals surface area contributed by atoms with E-state index in [4.69, 9.17) is 9.97 Å². The van der Waals surface area contributed by atoms with Gasteiger partial charge in [-0.05, 0) is 126 Å². The lowest BCUT2D eigenvalue weighted by Gasteiger charge is -2.26. The standard InChI is InChI=1S/C64H66N4/c1-15-39-17-21-41(22-18-39)57-49-25-29-53(65-49)59(43-33-45(61(3,4)5)37-46(34-43)62(6,7)8)55-31-27-51(67-55)58(42-23-19-40(16-2)20-24-42)52-28-32-56(68-52)60(54-30-26-50(57)66-54)44-35-47(63(9,10)11)38-48(36-44)64(12,13)14/h15-38,65,68H,1-2H2,3-14H3. The highest BCUT2D eigenvalue weighted by molar-refractivity contribution is 6.00. The summed E-state index contributed by atoms with van der Waals surface area (Å²) in [5.41, 5.74) is 22.9. The van der Waals surface area contributed by atoms with Crippen LogP contribution in [0.4, 0.5) is 0 Å². The number of aromatic nitrogens is 4. The molecular formula is C64H66N4. The molecule has 0 saturated carbocycles. The highest BCUT2D eigenvalue weighted by Crippen LogP contribution is 2.42. The topological polar surface area (TPSA) is 57.4 Å². The van der Waals surface area contributed by atoms with Crippen molar-refractivity contribution in [3.05, 3.63) is 179 Å². The Labute approximate surface area is 404 Å². The second-order valence-corrected chi connectivity index (χ2v) is 22.8. The van der Waals surface area contributed by atoms with Gasteiger partial charge in [0.25, 0.3) is 0 Å². The molecule has 0 spiro atoms. The number of fused-ring (bicyclic) bond motifs is 8. The SMILES string of the molecule is C=Cc1ccc(-c2c3nc(c(-c4cc(C(C)(C)C)cc(C(C)(C)C)c4)c4ccc([nH]4)c(-c4ccc(C=C)cc4)c4nc(c(-c5cc(C(C)(C)C)cc(C(C)(C)C)c5)c5ccc2[nH]5)C=C4)C=C3)cc1. The van der Waals surface area contributed by atoms with Gasteiger partial charge in [-0.1, -0.05) is 193 Å². The summed E-state index contributed by atoms with van der Waals surface area (Å²) in [4.78, 5) is 19.2. The van der Waals surface area contributed by atoms with Gasteiger partial charge < -0.3 is 9.97 Å². The van der Waals surface area contributed by atoms with E-state index in [-0.39, 0.29) is 21.7 Å². The van der Waals surface area contributed by atoms with Crippen LogP contribution < -0.4 is 0 Å². The van der Waals surface area contributed by atoms with Crippen molar-refractivity contribution in [1.29, 1.82) is 0 Å². The minimum absolute atomic E-state index is 0.0811. The predicted octanol–water partition coefficient (Wildman–Crippen LogP) is 17.8. The van der Waals surface area contributed by atoms with Gasteiger partial charge in [0.2, 0.25) is 0 Å². The van der Waals surface area contributed by atoms with Crippen LogP contribution in [0, 0.1) is 0 Å². The number of H-pyrrole nitrogens is 2. The van der Waals surface area contributed by atoms with Crippen LogP contribution in [0.5, 0.6) is 0 Å². The molecule has 0 fully saturated rings. The van der Waals surface area contributed by atoms with Gasteiger partial charge in [-0.2, -0.15) is 0 Å². The Morgan fingerprint density at radius 3 is 0.824 bits per heavy atom. The van der Waals surface area contributed by atoms with Crippen LogP contribution in [0.15, 0.2) is 122 Å². The Morgan fingerprint density at radius 2 is 0.588 bits per heavy atom. The van der Waals surface area contributed by atoms with E-state index in [1.54, 1.807) is 0 Å². The third kappa shape index (κ3) is 8.93. The fraction of sp³-hybridized carbons (Fsp3) is 0.250. The van der Waals surface area contributed by atoms with Crippen LogP contribution in [-0.4, -0.2) is 19.9 Å². The zero-order valence-electron chi connectivity index (χ0n) is 42.2. The molecule has 0 atom stereocenters. The molecule has 68 heavy (non-hydrogen) atoms. The molecule has 0 radical (unpaired) electrons. The normalized spacial score (nSPS) is 13.0. The largest absolute Gasteiger partial charge is 0.354 e. The highest BCUT2D eigenvalue weighted by Gasteiger charge is 2.26. The maximum atomic E-state index is 5.64. The van der Waals surface area contributed by atoms with E-state index in [2.05, 4.69) is 240 Å². The van der Waals surface area contributed by atoms with Crippen molar-refractivity contribution >= 4 is 58.5 Å². The Bertz CT molecular complexity index is 3080. The van der Waals surface area contributed by atoms with Crippen LogP contribution in [0.25, 0.3) is 103 Å². The summed E-state index contributed by atoms with van der Waals surface area (Å²) in [5, 5.41) is 0. The fourth-order valence-electron chi connectivity index (χ4n) is 9.27. The van der Waals surface area contributed by atoms with Crippen LogP contribution in [0.1, 0.15) is 139 Å². The zero-order chi connectivity index (χ0) is 48.5. The van der Waals surface area contributed by atoms with E-state index in [1.165, 1.54) is 22.3 Å². The van der Waals surface area contributed by atoms with Gasteiger partial charge in [0.15, 0.2) is 0 Å². The molecule has 9 rings (SSSR count). The monoisotopic (exact) mass is 891 g/mol. The Hall–Kier alpha value is -7.04. The quantitative estimate of drug-likeness (QED) is 0.175. The average molecular weight is 891 g/mol. The summed E-state index contributed by atoms with van der Waals surface area (Å²) in [6.07, 6.45) is 12.5. The first-order valence-electron chi connectivity index (χ1n) is 24.0. The van der Waals surface area contributed by atoms with Crippen molar-refractivity contribution in [2.24, 2.45) is 0 Å². The lowest BCUT2D eigenvalue weighted by molar-refractivity contribution is 0.568. The van der Waals surface area contributed by atoms with Gasteiger partial charge in [-0.25, -0.2) is 9.97 Å². The minimum Gasteiger partial charge on any atom is -0.354 e. The number of nitrogens with one attached hydrogen (secondary N) is 2. The number of aromatic amines is 2. The first kappa shape index (κ1) is 46.1. The molecule has 4 nitrogen and oxygen atoms in total. The van der Waals surface area contributed by atoms with E-state index < -0.39 is 0 Å². The molecule has 2 aliphatic heterocycles. The molecule has 4 heteroatoms. The molecule has 4 aromatic carbocycles. The van der Waals surface area contributed by atoms with Crippen molar-refractivity contribution in [3.8, 4) is 44.5 Å². The molecule has 342 valence electrons. The van der Waals surface area contributed by atoms with Gasteiger partial charge in [0, 0.05) is 44.3 Å². The Balaban J connectivity index is 1.49. The molecule has 5 heterocycles. The van der Waals surface area contributed by atoms with Crippen molar-refractivity contribution in [3.63, 3.8) is 0 Å². The number of hydrogen-bond donors (Lipinski definition) is 2. The number of rotatable bonds is 6. The summed E-state index contributed by atoms with van der Waals surface area (Å²) in [6.45, 7) is 35.7. The van der Waals surface area contributed by atoms with Crippen molar-refractivity contribution in [1.82, 2.24) is 19.9 Å². The second-order valence-electron chi connectivity index (χ2n) is 22.8. The van der Waals surface area contributed by atoms with E-state index in [0.29, 0.717) is 0 Å². The maximum absolute atomic E-state index is 5.64. The molecular weight excluding hydrogens is 825 g/mol. The second kappa shape index (κ2) is 16.9. The number of hydrogen-bond acceptors (Lipinski definition) is 2. The smallest absolute Gasteiger partial charge is 0.0737 e. The summed E-state index contributed by atoms with van der Waals surface area (Å²) < 4.78 is 0. The number of benzene rings is 4. The van der Waals surface area contributed by atoms with Crippen molar-refractivity contribution < 1.29 is 0 Å². The molecule has 8 bridgehead atoms. The Morgan fingerprint density at radius 1 is 0.338 bits per heavy atom. The maximum Gasteiger partial charge on any atom is 0.0737 e. The summed E-state index contributed by atoms with van der Waals surface area (Å²) in [6, 6.07) is 40.4. The first-order chi connectivity index (χ1) is 32.1. The molecule has 0 unspecified atom stereocenters. The van der Waals surface area contributed by atoms with Crippen molar-refractivity contribution in [2.75, 3.05) is 0 Å². The van der Waals surface area contributed by atoms with Gasteiger partial charge >= 0.3 is 0 Å². The predicted molar refractivity (Wildman–Crippen MR) is 296 cm³/mol. The lowest BCUT2D eigenvalue weighted by atomic mass is 9.78. The van der Waals surface area contributed by atoms with Crippen LogP contribution in [0.2, 0.25) is 0 Å². The van der Waals surface area contributed by atoms with Gasteiger partial charge in [0.1, 0.15) is 0 Å². The fourth-order valence-corrected chi connectivity index (χ4v) is 9.27. The van der Waals surface area contributed by atoms with E-state index in [1.807, 2.05) is 12.2 Å². The molecule has 7 aromatic rings. The summed E-state index contributed by atoms with van der Waals surface area (Å²) >= 11 is 0. The third-order valence-electron chi connectivity index (χ3n) is 13.5. The van der Waals surface area contributed by atoms with E-state index in [0.717, 1.165) is 100 Å². The molecule has 2 aliphatic rings. The molecule has 2 N–H and O–H groups in total. The van der Waals surface area contributed by atoms with Gasteiger partial charge in [-0.15, -0.1) is 0 Å². The van der Waals surface area contributed by atoms with Crippen molar-refractivity contribution in [2.45, 2.75) is 105 Å². The van der Waals surface area contributed by atoms with E-state index >= 15 is 0 Å². The third-order valence-corrected chi connectivity index (χ3v) is 13.5. The summed E-state index contributed by atoms with van der Waals surface area (Å²) in [5.74, 6) is 0. The molecule has 0 amide bonds. The average Bonchev–Trinajstić information content (AvgIpc) is 4.14. The molecule has 0 saturated heterocycles. The van der Waals surface area contributed by atoms with E-state index in [9.17, 15) is 0 Å². The highest BCUT2D eigenvalue weighted by atomic mass is 14.8. The van der Waals surface area contributed by atoms with Crippen LogP contribution in [0.3, 0.4) is 0 Å². The lowest BCUT2D eigenvalue weighted by Crippen LogP contribution is -2.16.